The maximum Gasteiger partial charge on any atom is 0.347 e. The van der Waals surface area contributed by atoms with Gasteiger partial charge >= 0.3 is 5.97 Å². The van der Waals surface area contributed by atoms with E-state index in [4.69, 9.17) is 9.47 Å². The van der Waals surface area contributed by atoms with E-state index >= 15 is 0 Å². The summed E-state index contributed by atoms with van der Waals surface area (Å²) in [6.07, 6.45) is 0.000152. The van der Waals surface area contributed by atoms with Crippen molar-refractivity contribution in [3.63, 3.8) is 0 Å². The number of aryl methyl sites for hydroxylation is 2. The van der Waals surface area contributed by atoms with Crippen LogP contribution in [-0.2, 0) is 0 Å². The Morgan fingerprint density at radius 3 is 2.24 bits per heavy atom. The number of esters is 1. The van der Waals surface area contributed by atoms with Crippen molar-refractivity contribution in [2.45, 2.75) is 33.8 Å². The van der Waals surface area contributed by atoms with Gasteiger partial charge in [0, 0.05) is 0 Å². The summed E-state index contributed by atoms with van der Waals surface area (Å²) in [7, 11) is 0. The monoisotopic (exact) mass is 284 g/mol. The fraction of sp³-hybridized carbons (Fsp3) is 0.278. The lowest BCUT2D eigenvalue weighted by Crippen LogP contribution is -2.13. The third-order valence-corrected chi connectivity index (χ3v) is 2.88. The van der Waals surface area contributed by atoms with Crippen molar-refractivity contribution < 1.29 is 14.3 Å². The molecule has 0 radical (unpaired) electrons. The van der Waals surface area contributed by atoms with E-state index in [1.807, 2.05) is 52.0 Å². The molecule has 0 spiro atoms. The lowest BCUT2D eigenvalue weighted by atomic mass is 10.1. The summed E-state index contributed by atoms with van der Waals surface area (Å²) >= 11 is 0. The van der Waals surface area contributed by atoms with Gasteiger partial charge in [-0.2, -0.15) is 0 Å². The van der Waals surface area contributed by atoms with Gasteiger partial charge in [0.05, 0.1) is 6.10 Å². The van der Waals surface area contributed by atoms with E-state index in [9.17, 15) is 4.79 Å². The third kappa shape index (κ3) is 4.09. The molecular weight excluding hydrogens is 264 g/mol. The number of hydrogen-bond donors (Lipinski definition) is 0. The van der Waals surface area contributed by atoms with Gasteiger partial charge in [0.2, 0.25) is 0 Å². The van der Waals surface area contributed by atoms with Crippen molar-refractivity contribution >= 4 is 5.97 Å². The molecule has 0 saturated carbocycles. The Balaban J connectivity index is 2.24. The largest absolute Gasteiger partial charge is 0.490 e. The minimum atomic E-state index is -0.406. The Morgan fingerprint density at radius 1 is 1.00 bits per heavy atom. The zero-order valence-electron chi connectivity index (χ0n) is 12.8. The Morgan fingerprint density at radius 2 is 1.62 bits per heavy atom. The van der Waals surface area contributed by atoms with Crippen LogP contribution in [0, 0.1) is 13.8 Å². The van der Waals surface area contributed by atoms with E-state index in [2.05, 4.69) is 0 Å². The molecule has 2 aromatic carbocycles. The lowest BCUT2D eigenvalue weighted by Gasteiger charge is -2.13. The zero-order chi connectivity index (χ0) is 15.4. The highest BCUT2D eigenvalue weighted by molar-refractivity contribution is 5.94. The van der Waals surface area contributed by atoms with Crippen LogP contribution in [0.5, 0.6) is 11.5 Å². The van der Waals surface area contributed by atoms with Crippen LogP contribution in [0.1, 0.15) is 35.3 Å². The summed E-state index contributed by atoms with van der Waals surface area (Å²) < 4.78 is 11.1. The van der Waals surface area contributed by atoms with E-state index in [1.165, 1.54) is 0 Å². The highest BCUT2D eigenvalue weighted by Crippen LogP contribution is 2.23. The molecule has 21 heavy (non-hydrogen) atoms. The number of benzene rings is 2. The van der Waals surface area contributed by atoms with E-state index in [0.717, 1.165) is 11.1 Å². The van der Waals surface area contributed by atoms with Gasteiger partial charge in [0.1, 0.15) is 17.1 Å². The van der Waals surface area contributed by atoms with E-state index < -0.39 is 5.97 Å². The first-order chi connectivity index (χ1) is 9.95. The molecule has 110 valence electrons. The number of carbonyl (C=O) groups excluding carboxylic acids is 1. The van der Waals surface area contributed by atoms with Gasteiger partial charge < -0.3 is 9.47 Å². The van der Waals surface area contributed by atoms with Crippen molar-refractivity contribution in [1.29, 1.82) is 0 Å². The summed E-state index contributed by atoms with van der Waals surface area (Å²) in [5.41, 5.74) is 2.55. The molecule has 3 heteroatoms. The fourth-order valence-electron chi connectivity index (χ4n) is 2.15. The van der Waals surface area contributed by atoms with Gasteiger partial charge in [-0.3, -0.25) is 0 Å². The first-order valence-corrected chi connectivity index (χ1v) is 7.02. The first kappa shape index (κ1) is 15.1. The van der Waals surface area contributed by atoms with Gasteiger partial charge in [-0.1, -0.05) is 18.2 Å². The highest BCUT2D eigenvalue weighted by atomic mass is 16.5. The van der Waals surface area contributed by atoms with Gasteiger partial charge in [0.25, 0.3) is 0 Å². The van der Waals surface area contributed by atoms with Crippen LogP contribution >= 0.6 is 0 Å². The van der Waals surface area contributed by atoms with Crippen LogP contribution in [-0.4, -0.2) is 12.1 Å². The predicted molar refractivity (Wildman–Crippen MR) is 83.1 cm³/mol. The van der Waals surface area contributed by atoms with E-state index in [1.54, 1.807) is 18.2 Å². The Kier molecular flexibility index (Phi) is 4.63. The average Bonchev–Trinajstić information content (AvgIpc) is 2.37. The normalized spacial score (nSPS) is 10.5. The van der Waals surface area contributed by atoms with Gasteiger partial charge in [-0.25, -0.2) is 4.79 Å². The minimum Gasteiger partial charge on any atom is -0.490 e. The van der Waals surface area contributed by atoms with Crippen LogP contribution in [0.25, 0.3) is 0 Å². The number of carbonyl (C=O) groups is 1. The topological polar surface area (TPSA) is 35.5 Å². The molecule has 0 aliphatic rings. The summed E-state index contributed by atoms with van der Waals surface area (Å²) in [5.74, 6) is 0.690. The van der Waals surface area contributed by atoms with Crippen molar-refractivity contribution in [3.05, 3.63) is 59.2 Å². The summed E-state index contributed by atoms with van der Waals surface area (Å²) in [5, 5.41) is 0. The molecular formula is C18H20O3. The van der Waals surface area contributed by atoms with Crippen molar-refractivity contribution in [1.82, 2.24) is 0 Å². The smallest absolute Gasteiger partial charge is 0.347 e. The Labute approximate surface area is 125 Å². The second-order valence-electron chi connectivity index (χ2n) is 5.38. The molecule has 2 rings (SSSR count). The average molecular weight is 284 g/mol. The first-order valence-electron chi connectivity index (χ1n) is 7.02. The summed E-state index contributed by atoms with van der Waals surface area (Å²) in [4.78, 5) is 12.3. The molecule has 0 bridgehead atoms. The summed E-state index contributed by atoms with van der Waals surface area (Å²) in [6, 6.07) is 12.8. The fourth-order valence-corrected chi connectivity index (χ4v) is 2.15. The SMILES string of the molecule is Cc1cc(C)cc(OC(=O)c2ccccc2OC(C)C)c1. The molecule has 0 atom stereocenters. The Hall–Kier alpha value is -2.29. The van der Waals surface area contributed by atoms with E-state index in [-0.39, 0.29) is 6.10 Å². The van der Waals surface area contributed by atoms with Crippen LogP contribution in [0.15, 0.2) is 42.5 Å². The van der Waals surface area contributed by atoms with Crippen molar-refractivity contribution in [2.75, 3.05) is 0 Å². The molecule has 0 amide bonds. The Bertz CT molecular complexity index is 624. The van der Waals surface area contributed by atoms with Gasteiger partial charge in [-0.05, 0) is 63.1 Å². The number of ether oxygens (including phenoxy) is 2. The van der Waals surface area contributed by atoms with E-state index in [0.29, 0.717) is 17.1 Å². The lowest BCUT2D eigenvalue weighted by molar-refractivity contribution is 0.0728. The second-order valence-corrected chi connectivity index (χ2v) is 5.38. The zero-order valence-corrected chi connectivity index (χ0v) is 12.8. The summed E-state index contributed by atoms with van der Waals surface area (Å²) in [6.45, 7) is 7.79. The maximum absolute atomic E-state index is 12.3. The molecule has 0 aromatic heterocycles. The van der Waals surface area contributed by atoms with Crippen molar-refractivity contribution in [3.8, 4) is 11.5 Å². The number of hydrogen-bond acceptors (Lipinski definition) is 3. The third-order valence-electron chi connectivity index (χ3n) is 2.88. The molecule has 0 aliphatic heterocycles. The second kappa shape index (κ2) is 6.44. The minimum absolute atomic E-state index is 0.000152. The van der Waals surface area contributed by atoms with Crippen LogP contribution < -0.4 is 9.47 Å². The molecule has 0 unspecified atom stereocenters. The molecule has 3 nitrogen and oxygen atoms in total. The predicted octanol–water partition coefficient (Wildman–Crippen LogP) is 4.31. The van der Waals surface area contributed by atoms with Gasteiger partial charge in [0.15, 0.2) is 0 Å². The molecule has 0 saturated heterocycles. The standard InChI is InChI=1S/C18H20O3/c1-12(2)20-17-8-6-5-7-16(17)18(19)21-15-10-13(3)9-14(4)11-15/h5-12H,1-4H3. The number of rotatable bonds is 4. The van der Waals surface area contributed by atoms with Crippen LogP contribution in [0.3, 0.4) is 0 Å². The molecule has 0 heterocycles. The molecule has 0 N–H and O–H groups in total. The molecule has 0 fully saturated rings. The van der Waals surface area contributed by atoms with Crippen molar-refractivity contribution in [2.24, 2.45) is 0 Å². The quantitative estimate of drug-likeness (QED) is 0.620. The highest BCUT2D eigenvalue weighted by Gasteiger charge is 2.15. The van der Waals surface area contributed by atoms with Crippen LogP contribution in [0.4, 0.5) is 0 Å². The van der Waals surface area contributed by atoms with Crippen LogP contribution in [0.2, 0.25) is 0 Å². The molecule has 0 aliphatic carbocycles. The van der Waals surface area contributed by atoms with Gasteiger partial charge in [-0.15, -0.1) is 0 Å². The maximum atomic E-state index is 12.3. The number of para-hydroxylation sites is 1. The molecule has 2 aromatic rings.